The number of carbonyl (C=O) groups is 1. The number of rotatable bonds is 5. The molecule has 3 unspecified atom stereocenters. The number of benzene rings is 1. The van der Waals surface area contributed by atoms with Gasteiger partial charge in [-0.05, 0) is 37.0 Å². The molecule has 0 bridgehead atoms. The van der Waals surface area contributed by atoms with Crippen LogP contribution < -0.4 is 0 Å². The van der Waals surface area contributed by atoms with Gasteiger partial charge in [0.15, 0.2) is 0 Å². The van der Waals surface area contributed by atoms with Gasteiger partial charge in [-0.15, -0.1) is 0 Å². The van der Waals surface area contributed by atoms with Gasteiger partial charge in [-0.2, -0.15) is 0 Å². The number of carboxylic acids is 1. The smallest absolute Gasteiger partial charge is 0.307 e. The molecule has 3 nitrogen and oxygen atoms in total. The summed E-state index contributed by atoms with van der Waals surface area (Å²) < 4.78 is 0. The molecule has 4 heteroatoms. The average molecular weight is 257 g/mol. The zero-order valence-electron chi connectivity index (χ0n) is 9.93. The number of aliphatic hydroxyl groups excluding tert-OH is 1. The van der Waals surface area contributed by atoms with Crippen LogP contribution in [0.25, 0.3) is 0 Å². The van der Waals surface area contributed by atoms with Crippen LogP contribution in [0.1, 0.15) is 19.4 Å². The normalized spacial score (nSPS) is 16.2. The second-order valence-electron chi connectivity index (χ2n) is 4.38. The van der Waals surface area contributed by atoms with Gasteiger partial charge in [0.1, 0.15) is 0 Å². The summed E-state index contributed by atoms with van der Waals surface area (Å²) in [5, 5.41) is 19.3. The number of aliphatic hydroxyl groups is 1. The third kappa shape index (κ3) is 4.02. The molecular formula is C13H17ClO3. The summed E-state index contributed by atoms with van der Waals surface area (Å²) in [7, 11) is 0. The van der Waals surface area contributed by atoms with E-state index >= 15 is 0 Å². The van der Waals surface area contributed by atoms with Crippen molar-refractivity contribution in [2.75, 3.05) is 0 Å². The maximum absolute atomic E-state index is 11.2. The molecule has 0 aliphatic carbocycles. The van der Waals surface area contributed by atoms with E-state index in [-0.39, 0.29) is 5.92 Å². The van der Waals surface area contributed by atoms with Crippen LogP contribution in [-0.4, -0.2) is 22.3 Å². The highest BCUT2D eigenvalue weighted by Crippen LogP contribution is 2.22. The Morgan fingerprint density at radius 1 is 1.29 bits per heavy atom. The molecule has 0 fully saturated rings. The number of carboxylic acid groups (broad SMARTS) is 1. The second kappa shape index (κ2) is 6.03. The Morgan fingerprint density at radius 3 is 2.24 bits per heavy atom. The van der Waals surface area contributed by atoms with E-state index in [2.05, 4.69) is 0 Å². The van der Waals surface area contributed by atoms with E-state index in [0.29, 0.717) is 11.4 Å². The average Bonchev–Trinajstić information content (AvgIpc) is 2.26. The van der Waals surface area contributed by atoms with E-state index in [1.54, 1.807) is 26.0 Å². The van der Waals surface area contributed by atoms with Gasteiger partial charge in [0.2, 0.25) is 0 Å². The molecule has 94 valence electrons. The van der Waals surface area contributed by atoms with Gasteiger partial charge >= 0.3 is 5.97 Å². The Bertz CT molecular complexity index is 373. The Kier molecular flexibility index (Phi) is 4.97. The van der Waals surface area contributed by atoms with Crippen molar-refractivity contribution >= 4 is 17.6 Å². The molecule has 1 rings (SSSR count). The Morgan fingerprint density at radius 2 is 1.82 bits per heavy atom. The molecule has 0 amide bonds. The molecule has 1 aromatic rings. The van der Waals surface area contributed by atoms with Gasteiger partial charge in [0.25, 0.3) is 0 Å². The van der Waals surface area contributed by atoms with Crippen molar-refractivity contribution in [3.05, 3.63) is 34.9 Å². The minimum atomic E-state index is -0.881. The van der Waals surface area contributed by atoms with Crippen LogP contribution >= 0.6 is 11.6 Å². The maximum Gasteiger partial charge on any atom is 0.307 e. The Balaban J connectivity index is 2.80. The van der Waals surface area contributed by atoms with Crippen molar-refractivity contribution < 1.29 is 15.0 Å². The molecule has 0 spiro atoms. The van der Waals surface area contributed by atoms with E-state index in [1.165, 1.54) is 0 Å². The second-order valence-corrected chi connectivity index (χ2v) is 4.81. The summed E-state index contributed by atoms with van der Waals surface area (Å²) >= 11 is 5.77. The first-order chi connectivity index (χ1) is 7.91. The van der Waals surface area contributed by atoms with E-state index in [1.807, 2.05) is 12.1 Å². The summed E-state index contributed by atoms with van der Waals surface area (Å²) in [6.07, 6.45) is -0.234. The largest absolute Gasteiger partial charge is 0.481 e. The third-order valence-electron chi connectivity index (χ3n) is 3.08. The van der Waals surface area contributed by atoms with Crippen LogP contribution in [0.15, 0.2) is 24.3 Å². The van der Waals surface area contributed by atoms with Crippen molar-refractivity contribution in [2.45, 2.75) is 26.4 Å². The molecule has 0 heterocycles. The molecular weight excluding hydrogens is 240 g/mol. The highest BCUT2D eigenvalue weighted by molar-refractivity contribution is 6.30. The molecule has 2 N–H and O–H groups in total. The van der Waals surface area contributed by atoms with E-state index in [0.717, 1.165) is 5.56 Å². The van der Waals surface area contributed by atoms with Crippen LogP contribution in [0.3, 0.4) is 0 Å². The molecule has 0 aliphatic heterocycles. The van der Waals surface area contributed by atoms with Crippen molar-refractivity contribution in [1.29, 1.82) is 0 Å². The van der Waals surface area contributed by atoms with Gasteiger partial charge in [0.05, 0.1) is 12.0 Å². The summed E-state index contributed by atoms with van der Waals surface area (Å²) in [5.41, 5.74) is 0.911. The van der Waals surface area contributed by atoms with Crippen LogP contribution in [0.5, 0.6) is 0 Å². The maximum atomic E-state index is 11.2. The Labute approximate surface area is 106 Å². The molecule has 0 saturated carbocycles. The van der Waals surface area contributed by atoms with Gasteiger partial charge in [-0.1, -0.05) is 30.7 Å². The van der Waals surface area contributed by atoms with Crippen molar-refractivity contribution in [2.24, 2.45) is 11.8 Å². The minimum absolute atomic E-state index is 0.289. The quantitative estimate of drug-likeness (QED) is 0.851. The summed E-state index contributed by atoms with van der Waals surface area (Å²) in [6, 6.07) is 7.10. The first-order valence-corrected chi connectivity index (χ1v) is 5.95. The molecule has 0 aromatic heterocycles. The number of hydrogen-bond donors (Lipinski definition) is 2. The number of hydrogen-bond acceptors (Lipinski definition) is 2. The molecule has 0 aliphatic rings. The van der Waals surface area contributed by atoms with E-state index < -0.39 is 18.0 Å². The zero-order chi connectivity index (χ0) is 13.0. The van der Waals surface area contributed by atoms with Gasteiger partial charge < -0.3 is 10.2 Å². The monoisotopic (exact) mass is 256 g/mol. The summed E-state index contributed by atoms with van der Waals surface area (Å²) in [6.45, 7) is 3.36. The highest BCUT2D eigenvalue weighted by Gasteiger charge is 2.27. The van der Waals surface area contributed by atoms with Crippen molar-refractivity contribution in [3.8, 4) is 0 Å². The van der Waals surface area contributed by atoms with Gasteiger partial charge in [-0.3, -0.25) is 4.79 Å². The van der Waals surface area contributed by atoms with E-state index in [4.69, 9.17) is 11.6 Å². The standard InChI is InChI=1S/C13H17ClO3/c1-8(9(2)15)12(13(16)17)7-10-3-5-11(14)6-4-10/h3-6,8-9,12,15H,7H2,1-2H3,(H,16,17). The predicted octanol–water partition coefficient (Wildman–Crippen LogP) is 2.60. The SMILES string of the molecule is CC(O)C(C)C(Cc1ccc(Cl)cc1)C(=O)O. The summed E-state index contributed by atoms with van der Waals surface area (Å²) in [4.78, 5) is 11.2. The number of halogens is 1. The topological polar surface area (TPSA) is 57.5 Å². The first kappa shape index (κ1) is 14.0. The molecule has 0 radical (unpaired) electrons. The fraction of sp³-hybridized carbons (Fsp3) is 0.462. The Hall–Kier alpha value is -1.06. The van der Waals surface area contributed by atoms with Gasteiger partial charge in [-0.25, -0.2) is 0 Å². The lowest BCUT2D eigenvalue weighted by Crippen LogP contribution is -2.30. The molecule has 17 heavy (non-hydrogen) atoms. The van der Waals surface area contributed by atoms with Crippen LogP contribution in [0.2, 0.25) is 5.02 Å². The third-order valence-corrected chi connectivity index (χ3v) is 3.33. The number of aliphatic carboxylic acids is 1. The van der Waals surface area contributed by atoms with Crippen molar-refractivity contribution in [1.82, 2.24) is 0 Å². The predicted molar refractivity (Wildman–Crippen MR) is 67.1 cm³/mol. The molecule has 3 atom stereocenters. The highest BCUT2D eigenvalue weighted by atomic mass is 35.5. The van der Waals surface area contributed by atoms with Crippen LogP contribution in [0, 0.1) is 11.8 Å². The molecule has 0 saturated heterocycles. The fourth-order valence-corrected chi connectivity index (χ4v) is 1.83. The van der Waals surface area contributed by atoms with Crippen LogP contribution in [0.4, 0.5) is 0 Å². The minimum Gasteiger partial charge on any atom is -0.481 e. The lowest BCUT2D eigenvalue weighted by molar-refractivity contribution is -0.145. The van der Waals surface area contributed by atoms with E-state index in [9.17, 15) is 15.0 Å². The summed E-state index contributed by atoms with van der Waals surface area (Å²) in [5.74, 6) is -1.76. The lowest BCUT2D eigenvalue weighted by atomic mass is 9.85. The first-order valence-electron chi connectivity index (χ1n) is 5.57. The zero-order valence-corrected chi connectivity index (χ0v) is 10.7. The fourth-order valence-electron chi connectivity index (χ4n) is 1.71. The molecule has 1 aromatic carbocycles. The van der Waals surface area contributed by atoms with Gasteiger partial charge in [0, 0.05) is 5.02 Å². The lowest BCUT2D eigenvalue weighted by Gasteiger charge is -2.22. The van der Waals surface area contributed by atoms with Crippen molar-refractivity contribution in [3.63, 3.8) is 0 Å². The van der Waals surface area contributed by atoms with Crippen LogP contribution in [-0.2, 0) is 11.2 Å².